The standard InChI is InChI=1S/C19H22ClN3O2/c1-2-9-21-19(24)13-5-8-18(22-12-13)23-16-4-3-10-25-17-11-14(20)6-7-15(16)17/h5-8,11-12,16H,2-4,9-10H2,1H3,(H,21,24)(H,22,23). The Morgan fingerprint density at radius 2 is 2.24 bits per heavy atom. The lowest BCUT2D eigenvalue weighted by Crippen LogP contribution is -2.24. The zero-order chi connectivity index (χ0) is 17.6. The van der Waals surface area contributed by atoms with Crippen molar-refractivity contribution < 1.29 is 9.53 Å². The van der Waals surface area contributed by atoms with Gasteiger partial charge in [-0.1, -0.05) is 24.6 Å². The average Bonchev–Trinajstić information content (AvgIpc) is 2.82. The summed E-state index contributed by atoms with van der Waals surface area (Å²) in [5.74, 6) is 1.46. The van der Waals surface area contributed by atoms with Gasteiger partial charge in [-0.2, -0.15) is 0 Å². The Morgan fingerprint density at radius 1 is 1.36 bits per heavy atom. The third-order valence-electron chi connectivity index (χ3n) is 4.13. The van der Waals surface area contributed by atoms with Crippen molar-refractivity contribution >= 4 is 23.3 Å². The monoisotopic (exact) mass is 359 g/mol. The van der Waals surface area contributed by atoms with Crippen LogP contribution in [0.5, 0.6) is 5.75 Å². The molecule has 3 rings (SSSR count). The van der Waals surface area contributed by atoms with Gasteiger partial charge in [-0.3, -0.25) is 4.79 Å². The number of fused-ring (bicyclic) bond motifs is 1. The molecule has 0 aliphatic carbocycles. The molecule has 2 aromatic rings. The lowest BCUT2D eigenvalue weighted by atomic mass is 10.0. The number of carbonyl (C=O) groups excluding carboxylic acids is 1. The summed E-state index contributed by atoms with van der Waals surface area (Å²) in [5, 5.41) is 6.95. The maximum absolute atomic E-state index is 11.9. The van der Waals surface area contributed by atoms with Gasteiger partial charge in [0.15, 0.2) is 0 Å². The fourth-order valence-corrected chi connectivity index (χ4v) is 2.99. The second-order valence-electron chi connectivity index (χ2n) is 6.06. The van der Waals surface area contributed by atoms with Gasteiger partial charge in [-0.25, -0.2) is 4.98 Å². The number of ether oxygens (including phenoxy) is 1. The first-order valence-electron chi connectivity index (χ1n) is 8.60. The fraction of sp³-hybridized carbons (Fsp3) is 0.368. The van der Waals surface area contributed by atoms with Crippen LogP contribution >= 0.6 is 11.6 Å². The van der Waals surface area contributed by atoms with E-state index in [0.29, 0.717) is 23.7 Å². The number of amides is 1. The minimum absolute atomic E-state index is 0.0937. The minimum Gasteiger partial charge on any atom is -0.493 e. The number of pyridine rings is 1. The summed E-state index contributed by atoms with van der Waals surface area (Å²) in [4.78, 5) is 16.3. The fourth-order valence-electron chi connectivity index (χ4n) is 2.83. The van der Waals surface area contributed by atoms with Crippen LogP contribution in [0, 0.1) is 0 Å². The maximum atomic E-state index is 11.9. The largest absolute Gasteiger partial charge is 0.493 e. The zero-order valence-corrected chi connectivity index (χ0v) is 15.0. The molecule has 0 bridgehead atoms. The number of aromatic nitrogens is 1. The van der Waals surface area contributed by atoms with Crippen molar-refractivity contribution in [1.82, 2.24) is 10.3 Å². The summed E-state index contributed by atoms with van der Waals surface area (Å²) < 4.78 is 5.79. The van der Waals surface area contributed by atoms with Crippen LogP contribution in [0.25, 0.3) is 0 Å². The number of benzene rings is 1. The molecule has 5 nitrogen and oxygen atoms in total. The van der Waals surface area contributed by atoms with E-state index in [4.69, 9.17) is 16.3 Å². The zero-order valence-electron chi connectivity index (χ0n) is 14.2. The van der Waals surface area contributed by atoms with Crippen molar-refractivity contribution in [2.24, 2.45) is 0 Å². The Kier molecular flexibility index (Phi) is 5.76. The highest BCUT2D eigenvalue weighted by molar-refractivity contribution is 6.30. The molecule has 0 saturated heterocycles. The van der Waals surface area contributed by atoms with E-state index in [1.807, 2.05) is 31.2 Å². The molecule has 1 aromatic carbocycles. The summed E-state index contributed by atoms with van der Waals surface area (Å²) in [7, 11) is 0. The molecular formula is C19H22ClN3O2. The smallest absolute Gasteiger partial charge is 0.252 e. The quantitative estimate of drug-likeness (QED) is 0.839. The van der Waals surface area contributed by atoms with E-state index >= 15 is 0 Å². The van der Waals surface area contributed by atoms with E-state index in [1.54, 1.807) is 12.3 Å². The van der Waals surface area contributed by atoms with Crippen molar-refractivity contribution in [2.75, 3.05) is 18.5 Å². The number of rotatable bonds is 5. The number of halogens is 1. The molecule has 0 spiro atoms. The van der Waals surface area contributed by atoms with Crippen LogP contribution in [-0.4, -0.2) is 24.0 Å². The highest BCUT2D eigenvalue weighted by Gasteiger charge is 2.20. The Balaban J connectivity index is 1.73. The first-order valence-corrected chi connectivity index (χ1v) is 8.98. The molecule has 1 aliphatic heterocycles. The van der Waals surface area contributed by atoms with Gasteiger partial charge < -0.3 is 15.4 Å². The van der Waals surface area contributed by atoms with Crippen LogP contribution in [-0.2, 0) is 0 Å². The summed E-state index contributed by atoms with van der Waals surface area (Å²) in [6.45, 7) is 3.36. The molecule has 25 heavy (non-hydrogen) atoms. The topological polar surface area (TPSA) is 63.2 Å². The average molecular weight is 360 g/mol. The van der Waals surface area contributed by atoms with E-state index in [2.05, 4.69) is 15.6 Å². The van der Waals surface area contributed by atoms with Crippen molar-refractivity contribution in [3.8, 4) is 5.75 Å². The second-order valence-corrected chi connectivity index (χ2v) is 6.49. The number of nitrogens with zero attached hydrogens (tertiary/aromatic N) is 1. The van der Waals surface area contributed by atoms with E-state index in [-0.39, 0.29) is 11.9 Å². The lowest BCUT2D eigenvalue weighted by Gasteiger charge is -2.19. The maximum Gasteiger partial charge on any atom is 0.252 e. The molecule has 1 atom stereocenters. The molecule has 0 radical (unpaired) electrons. The molecule has 2 heterocycles. The molecular weight excluding hydrogens is 338 g/mol. The van der Waals surface area contributed by atoms with Gasteiger partial charge in [0, 0.05) is 23.3 Å². The van der Waals surface area contributed by atoms with Crippen LogP contribution in [0.2, 0.25) is 5.02 Å². The van der Waals surface area contributed by atoms with Crippen molar-refractivity contribution in [3.63, 3.8) is 0 Å². The van der Waals surface area contributed by atoms with Gasteiger partial charge in [-0.15, -0.1) is 0 Å². The molecule has 132 valence electrons. The van der Waals surface area contributed by atoms with E-state index in [9.17, 15) is 4.79 Å². The third-order valence-corrected chi connectivity index (χ3v) is 4.36. The van der Waals surface area contributed by atoms with Crippen LogP contribution in [0.15, 0.2) is 36.5 Å². The molecule has 0 saturated carbocycles. The Labute approximate surface area is 152 Å². The van der Waals surface area contributed by atoms with Gasteiger partial charge in [0.1, 0.15) is 11.6 Å². The number of hydrogen-bond acceptors (Lipinski definition) is 4. The minimum atomic E-state index is -0.0937. The van der Waals surface area contributed by atoms with Crippen LogP contribution < -0.4 is 15.4 Å². The third kappa shape index (κ3) is 4.42. The Bertz CT molecular complexity index is 734. The normalized spacial score (nSPS) is 16.3. The first kappa shape index (κ1) is 17.5. The molecule has 2 N–H and O–H groups in total. The van der Waals surface area contributed by atoms with Crippen molar-refractivity contribution in [3.05, 3.63) is 52.7 Å². The highest BCUT2D eigenvalue weighted by Crippen LogP contribution is 2.35. The van der Waals surface area contributed by atoms with E-state index in [0.717, 1.165) is 36.4 Å². The highest BCUT2D eigenvalue weighted by atomic mass is 35.5. The summed E-state index contributed by atoms with van der Waals surface area (Å²) >= 11 is 6.07. The van der Waals surface area contributed by atoms with Crippen LogP contribution in [0.4, 0.5) is 5.82 Å². The molecule has 1 aromatic heterocycles. The first-order chi connectivity index (χ1) is 12.2. The predicted octanol–water partition coefficient (Wildman–Crippen LogP) is 4.20. The molecule has 1 aliphatic rings. The molecule has 1 amide bonds. The number of anilines is 1. The Hall–Kier alpha value is -2.27. The van der Waals surface area contributed by atoms with Crippen molar-refractivity contribution in [1.29, 1.82) is 0 Å². The lowest BCUT2D eigenvalue weighted by molar-refractivity contribution is 0.0953. The second kappa shape index (κ2) is 8.21. The molecule has 1 unspecified atom stereocenters. The van der Waals surface area contributed by atoms with Gasteiger partial charge in [0.2, 0.25) is 0 Å². The van der Waals surface area contributed by atoms with E-state index < -0.39 is 0 Å². The van der Waals surface area contributed by atoms with Crippen LogP contribution in [0.1, 0.15) is 48.1 Å². The number of carbonyl (C=O) groups is 1. The summed E-state index contributed by atoms with van der Waals surface area (Å²) in [6.07, 6.45) is 4.39. The van der Waals surface area contributed by atoms with Gasteiger partial charge >= 0.3 is 0 Å². The number of nitrogens with one attached hydrogen (secondary N) is 2. The molecule has 6 heteroatoms. The summed E-state index contributed by atoms with van der Waals surface area (Å²) in [5.41, 5.74) is 1.64. The van der Waals surface area contributed by atoms with Gasteiger partial charge in [-0.05, 0) is 43.5 Å². The summed E-state index contributed by atoms with van der Waals surface area (Å²) in [6, 6.07) is 9.44. The van der Waals surface area contributed by atoms with E-state index in [1.165, 1.54) is 0 Å². The molecule has 0 fully saturated rings. The van der Waals surface area contributed by atoms with Gasteiger partial charge in [0.25, 0.3) is 5.91 Å². The number of hydrogen-bond donors (Lipinski definition) is 2. The Morgan fingerprint density at radius 3 is 3.00 bits per heavy atom. The van der Waals surface area contributed by atoms with Crippen LogP contribution in [0.3, 0.4) is 0 Å². The predicted molar refractivity (Wildman–Crippen MR) is 99.4 cm³/mol. The van der Waals surface area contributed by atoms with Gasteiger partial charge in [0.05, 0.1) is 18.2 Å². The SMILES string of the molecule is CCCNC(=O)c1ccc(NC2CCCOc3cc(Cl)ccc32)nc1. The van der Waals surface area contributed by atoms with Crippen molar-refractivity contribution in [2.45, 2.75) is 32.2 Å².